The molecule has 4 aromatic heterocycles. The van der Waals surface area contributed by atoms with Gasteiger partial charge in [-0.1, -0.05) is 48.5 Å². The number of carboxylic acids is 2. The van der Waals surface area contributed by atoms with Crippen molar-refractivity contribution in [3.63, 3.8) is 0 Å². The Bertz CT molecular complexity index is 3260. The van der Waals surface area contributed by atoms with Gasteiger partial charge in [0.15, 0.2) is 11.5 Å². The number of pyridine rings is 2. The van der Waals surface area contributed by atoms with E-state index < -0.39 is 11.9 Å². The van der Waals surface area contributed by atoms with Crippen LogP contribution < -0.4 is 78.8 Å². The minimum atomic E-state index is -1.28. The Hall–Kier alpha value is -4.76. The Morgan fingerprint density at radius 1 is 0.676 bits per heavy atom. The first kappa shape index (κ1) is 54.0. The molecule has 2 fully saturated rings. The predicted molar refractivity (Wildman–Crippen MR) is 263 cm³/mol. The number of fused-ring (bicyclic) bond motifs is 4. The number of aromatic carboxylic acids is 2. The van der Waals surface area contributed by atoms with Crippen molar-refractivity contribution in [3.8, 4) is 34.4 Å². The number of nitrogens with zero attached hydrogens (tertiary/aromatic N) is 2. The number of carbonyl (C=O) groups excluding carboxylic acids is 2. The molecule has 71 heavy (non-hydrogen) atoms. The molecule has 6 heterocycles. The summed E-state index contributed by atoms with van der Waals surface area (Å²) in [4.78, 5) is 34.3. The molecule has 0 aliphatic carbocycles. The number of ether oxygens (including phenoxy) is 4. The molecule has 1 unspecified atom stereocenters. The summed E-state index contributed by atoms with van der Waals surface area (Å²) >= 11 is 0. The summed E-state index contributed by atoms with van der Waals surface area (Å²) in [6.07, 6.45) is 3.49. The molecule has 358 valence electrons. The maximum Gasteiger partial charge on any atom is 1.00 e. The molecule has 0 bridgehead atoms. The third-order valence-corrected chi connectivity index (χ3v) is 13.7. The summed E-state index contributed by atoms with van der Waals surface area (Å²) in [6.45, 7) is 20.1. The zero-order valence-corrected chi connectivity index (χ0v) is 46.7. The SMILES string of the molecule is Cc1c(-c2cc(C(=O)[O-])c3c(OC(C)C4CCOCC4)ccc(C)c3n2)oc2ccccc12.Cc1c(-c2cc(C(=O)[O-])c3c(OCC4CC(C)(C)OC(C)(C)C4)ccc(C)c3n2)oc2ccccc12.[Na+].[Na+]. The summed E-state index contributed by atoms with van der Waals surface area (Å²) in [5, 5.41) is 27.5. The molecule has 0 saturated carbocycles. The topological polar surface area (TPSA) is 169 Å². The molecule has 2 saturated heterocycles. The van der Waals surface area contributed by atoms with Gasteiger partial charge in [-0.15, -0.1) is 0 Å². The molecule has 12 nitrogen and oxygen atoms in total. The summed E-state index contributed by atoms with van der Waals surface area (Å²) < 4.78 is 36.4. The van der Waals surface area contributed by atoms with E-state index in [9.17, 15) is 19.8 Å². The average molecular weight is 977 g/mol. The van der Waals surface area contributed by atoms with Crippen LogP contribution in [0, 0.1) is 39.5 Å². The van der Waals surface area contributed by atoms with Gasteiger partial charge in [0.2, 0.25) is 0 Å². The van der Waals surface area contributed by atoms with Crippen molar-refractivity contribution in [2.24, 2.45) is 11.8 Å². The van der Waals surface area contributed by atoms with E-state index in [4.69, 9.17) is 37.7 Å². The second-order valence-electron chi connectivity index (χ2n) is 20.0. The van der Waals surface area contributed by atoms with E-state index in [1.165, 1.54) is 12.1 Å². The van der Waals surface area contributed by atoms with Crippen LogP contribution in [0.15, 0.2) is 93.8 Å². The third kappa shape index (κ3) is 11.3. The summed E-state index contributed by atoms with van der Waals surface area (Å²) in [7, 11) is 0. The van der Waals surface area contributed by atoms with Crippen LogP contribution in [0.25, 0.3) is 66.7 Å². The van der Waals surface area contributed by atoms with E-state index in [1.54, 1.807) is 0 Å². The molecule has 10 rings (SSSR count). The number of aromatic nitrogens is 2. The fraction of sp³-hybridized carbons (Fsp3) is 0.368. The number of benzene rings is 4. The second kappa shape index (κ2) is 21.8. The van der Waals surface area contributed by atoms with Crippen molar-refractivity contribution >= 4 is 55.7 Å². The van der Waals surface area contributed by atoms with Gasteiger partial charge in [0.25, 0.3) is 0 Å². The Labute approximate surface area is 458 Å². The van der Waals surface area contributed by atoms with E-state index in [-0.39, 0.29) is 93.5 Å². The molecular weight excluding hydrogens is 919 g/mol. The monoisotopic (exact) mass is 976 g/mol. The maximum atomic E-state index is 12.4. The van der Waals surface area contributed by atoms with Gasteiger partial charge in [-0.25, -0.2) is 9.97 Å². The van der Waals surface area contributed by atoms with Crippen LogP contribution in [0.1, 0.15) is 103 Å². The van der Waals surface area contributed by atoms with Crippen LogP contribution in [-0.2, 0) is 9.47 Å². The van der Waals surface area contributed by atoms with Gasteiger partial charge in [0.1, 0.15) is 34.1 Å². The Kier molecular flexibility index (Phi) is 16.6. The average Bonchev–Trinajstić information content (AvgIpc) is 3.84. The molecule has 2 aliphatic heterocycles. The first-order valence-corrected chi connectivity index (χ1v) is 23.7. The van der Waals surface area contributed by atoms with Crippen molar-refractivity contribution in [1.82, 2.24) is 9.97 Å². The van der Waals surface area contributed by atoms with E-state index >= 15 is 0 Å². The Balaban J connectivity index is 0.000000204. The van der Waals surface area contributed by atoms with Gasteiger partial charge in [-0.3, -0.25) is 0 Å². The van der Waals surface area contributed by atoms with Crippen LogP contribution >= 0.6 is 0 Å². The quantitative estimate of drug-likeness (QED) is 0.172. The molecule has 8 aromatic rings. The number of rotatable bonds is 10. The van der Waals surface area contributed by atoms with Crippen LogP contribution in [0.5, 0.6) is 11.5 Å². The normalized spacial score (nSPS) is 16.2. The fourth-order valence-corrected chi connectivity index (χ4v) is 10.6. The number of para-hydroxylation sites is 2. The molecular formula is C57H58N2Na2O10. The van der Waals surface area contributed by atoms with Crippen molar-refractivity contribution in [2.45, 2.75) is 105 Å². The molecule has 0 spiro atoms. The summed E-state index contributed by atoms with van der Waals surface area (Å²) in [5.74, 6) is 0.197. The van der Waals surface area contributed by atoms with Gasteiger partial charge in [0, 0.05) is 46.2 Å². The van der Waals surface area contributed by atoms with Gasteiger partial charge < -0.3 is 47.6 Å². The van der Waals surface area contributed by atoms with Gasteiger partial charge >= 0.3 is 59.1 Å². The van der Waals surface area contributed by atoms with E-state index in [1.807, 2.05) is 107 Å². The van der Waals surface area contributed by atoms with Crippen LogP contribution in [0.4, 0.5) is 0 Å². The molecule has 0 N–H and O–H groups in total. The molecule has 0 radical (unpaired) electrons. The van der Waals surface area contributed by atoms with E-state index in [0.717, 1.165) is 83.1 Å². The van der Waals surface area contributed by atoms with Crippen LogP contribution in [0.2, 0.25) is 0 Å². The fourth-order valence-electron chi connectivity index (χ4n) is 10.6. The minimum absolute atomic E-state index is 0. The first-order chi connectivity index (χ1) is 32.9. The molecule has 0 amide bonds. The summed E-state index contributed by atoms with van der Waals surface area (Å²) in [6, 6.07) is 26.0. The molecule has 4 aromatic carbocycles. The van der Waals surface area contributed by atoms with E-state index in [2.05, 4.69) is 27.7 Å². The number of aryl methyl sites for hydroxylation is 4. The van der Waals surface area contributed by atoms with Crippen molar-refractivity contribution < 1.29 is 107 Å². The first-order valence-electron chi connectivity index (χ1n) is 23.7. The van der Waals surface area contributed by atoms with Crippen LogP contribution in [0.3, 0.4) is 0 Å². The molecule has 14 heteroatoms. The summed E-state index contributed by atoms with van der Waals surface area (Å²) in [5.41, 5.74) is 6.67. The second-order valence-corrected chi connectivity index (χ2v) is 20.0. The number of furan rings is 2. The number of carboxylic acid groups (broad SMARTS) is 2. The van der Waals surface area contributed by atoms with Crippen LogP contribution in [-0.4, -0.2) is 59.0 Å². The van der Waals surface area contributed by atoms with E-state index in [0.29, 0.717) is 68.7 Å². The Morgan fingerprint density at radius 3 is 1.59 bits per heavy atom. The van der Waals surface area contributed by atoms with Crippen molar-refractivity contribution in [1.29, 1.82) is 0 Å². The molecule has 1 atom stereocenters. The maximum absolute atomic E-state index is 12.4. The smallest absolute Gasteiger partial charge is 0.545 e. The van der Waals surface area contributed by atoms with Crippen molar-refractivity contribution in [2.75, 3.05) is 19.8 Å². The largest absolute Gasteiger partial charge is 1.00 e. The van der Waals surface area contributed by atoms with Gasteiger partial charge in [-0.2, -0.15) is 0 Å². The van der Waals surface area contributed by atoms with Gasteiger partial charge in [-0.05, 0) is 147 Å². The standard InChI is InChI=1S/C30H33NO5.C27H27NO5.2Na/c1-17-11-12-24(34-16-19-14-29(3,4)36-30(5,6)15-19)25-21(28(32)33)13-22(31-26(17)25)27-18(2)20-9-7-8-10-23(20)35-27;1-15-8-9-23(32-17(3)18-10-12-31-13-11-18)24-20(27(29)30)14-21(28-25(15)24)26-16(2)19-6-4-5-7-22(19)33-26;;/h7-13,19H,14-16H2,1-6H3,(H,32,33);4-9,14,17-18H,10-13H2,1-3H3,(H,29,30);;/q;;2*+1/p-2. The zero-order chi connectivity index (χ0) is 48.9. The minimum Gasteiger partial charge on any atom is -0.545 e. The Morgan fingerprint density at radius 2 is 1.13 bits per heavy atom. The number of carbonyl (C=O) groups is 2. The predicted octanol–water partition coefficient (Wildman–Crippen LogP) is 4.82. The zero-order valence-electron chi connectivity index (χ0n) is 42.7. The van der Waals surface area contributed by atoms with Crippen molar-refractivity contribution in [3.05, 3.63) is 118 Å². The molecule has 2 aliphatic rings. The van der Waals surface area contributed by atoms with Gasteiger partial charge in [0.05, 0.1) is 57.7 Å². The third-order valence-electron chi connectivity index (χ3n) is 13.7. The number of hydrogen-bond donors (Lipinski definition) is 0. The number of hydrogen-bond acceptors (Lipinski definition) is 12.